The summed E-state index contributed by atoms with van der Waals surface area (Å²) in [7, 11) is 1.97. The molecule has 0 aliphatic heterocycles. The second-order valence-electron chi connectivity index (χ2n) is 4.53. The first-order chi connectivity index (χ1) is 8.70. The third kappa shape index (κ3) is 3.15. The maximum atomic E-state index is 4.30. The van der Waals surface area contributed by atoms with Crippen LogP contribution in [0.2, 0.25) is 0 Å². The first-order valence-corrected chi connectivity index (χ1v) is 7.07. The maximum Gasteiger partial charge on any atom is 0.148 e. The van der Waals surface area contributed by atoms with Crippen LogP contribution in [-0.2, 0) is 6.42 Å². The van der Waals surface area contributed by atoms with Gasteiger partial charge in [0.2, 0.25) is 0 Å². The van der Waals surface area contributed by atoms with Crippen LogP contribution in [0.25, 0.3) is 10.6 Å². The molecule has 0 atom stereocenters. The van der Waals surface area contributed by atoms with E-state index in [9.17, 15) is 0 Å². The van der Waals surface area contributed by atoms with E-state index in [1.807, 2.05) is 7.05 Å². The van der Waals surface area contributed by atoms with Crippen LogP contribution >= 0.6 is 11.3 Å². The van der Waals surface area contributed by atoms with E-state index in [4.69, 9.17) is 0 Å². The van der Waals surface area contributed by atoms with Gasteiger partial charge in [-0.25, -0.2) is 0 Å². The van der Waals surface area contributed by atoms with E-state index in [1.54, 1.807) is 11.3 Å². The lowest BCUT2D eigenvalue weighted by Gasteiger charge is -2.02. The Morgan fingerprint density at radius 2 is 2.06 bits per heavy atom. The molecular formula is C14H19N3S. The fourth-order valence-electron chi connectivity index (χ4n) is 1.93. The molecule has 4 heteroatoms. The molecule has 2 aromatic rings. The van der Waals surface area contributed by atoms with Crippen molar-refractivity contribution in [3.05, 3.63) is 34.3 Å². The van der Waals surface area contributed by atoms with Crippen LogP contribution in [0.15, 0.2) is 18.2 Å². The molecular weight excluding hydrogens is 242 g/mol. The zero-order valence-corrected chi connectivity index (χ0v) is 12.0. The average Bonchev–Trinajstić information content (AvgIpc) is 2.78. The normalized spacial score (nSPS) is 10.8. The number of nitrogens with one attached hydrogen (secondary N) is 1. The maximum absolute atomic E-state index is 4.30. The topological polar surface area (TPSA) is 37.8 Å². The van der Waals surface area contributed by atoms with Crippen molar-refractivity contribution in [2.45, 2.75) is 26.7 Å². The van der Waals surface area contributed by atoms with Crippen molar-refractivity contribution in [1.82, 2.24) is 15.5 Å². The quantitative estimate of drug-likeness (QED) is 0.841. The van der Waals surface area contributed by atoms with Gasteiger partial charge in [-0.05, 0) is 39.4 Å². The van der Waals surface area contributed by atoms with Gasteiger partial charge in [-0.15, -0.1) is 10.2 Å². The minimum atomic E-state index is 1.00. The summed E-state index contributed by atoms with van der Waals surface area (Å²) >= 11 is 1.71. The van der Waals surface area contributed by atoms with Gasteiger partial charge in [0.15, 0.2) is 0 Å². The van der Waals surface area contributed by atoms with Crippen LogP contribution < -0.4 is 5.32 Å². The molecule has 1 heterocycles. The van der Waals surface area contributed by atoms with E-state index in [1.165, 1.54) is 16.7 Å². The molecule has 0 bridgehead atoms. The van der Waals surface area contributed by atoms with Gasteiger partial charge in [-0.1, -0.05) is 35.1 Å². The van der Waals surface area contributed by atoms with Crippen molar-refractivity contribution in [2.24, 2.45) is 0 Å². The Hall–Kier alpha value is -1.26. The Labute approximate surface area is 112 Å². The van der Waals surface area contributed by atoms with Gasteiger partial charge in [0.05, 0.1) is 0 Å². The number of rotatable bonds is 5. The molecule has 0 fully saturated rings. The highest BCUT2D eigenvalue weighted by molar-refractivity contribution is 7.14. The Kier molecular flexibility index (Phi) is 4.44. The molecule has 0 saturated heterocycles. The Morgan fingerprint density at radius 3 is 2.78 bits per heavy atom. The Morgan fingerprint density at radius 1 is 1.22 bits per heavy atom. The minimum Gasteiger partial charge on any atom is -0.320 e. The van der Waals surface area contributed by atoms with E-state index in [0.29, 0.717) is 0 Å². The van der Waals surface area contributed by atoms with E-state index >= 15 is 0 Å². The summed E-state index contributed by atoms with van der Waals surface area (Å²) in [5.41, 5.74) is 3.76. The van der Waals surface area contributed by atoms with E-state index in [-0.39, 0.29) is 0 Å². The number of hydrogen-bond acceptors (Lipinski definition) is 4. The lowest BCUT2D eigenvalue weighted by molar-refractivity contribution is 0.718. The van der Waals surface area contributed by atoms with E-state index in [2.05, 4.69) is 47.6 Å². The molecule has 0 saturated carbocycles. The van der Waals surface area contributed by atoms with Crippen LogP contribution in [0.4, 0.5) is 0 Å². The molecule has 0 aliphatic rings. The number of aryl methyl sites for hydroxylation is 3. The molecule has 0 unspecified atom stereocenters. The smallest absolute Gasteiger partial charge is 0.148 e. The van der Waals surface area contributed by atoms with Gasteiger partial charge in [-0.3, -0.25) is 0 Å². The molecule has 18 heavy (non-hydrogen) atoms. The van der Waals surface area contributed by atoms with Gasteiger partial charge in [0.25, 0.3) is 0 Å². The molecule has 0 amide bonds. The van der Waals surface area contributed by atoms with Crippen molar-refractivity contribution < 1.29 is 0 Å². The summed E-state index contributed by atoms with van der Waals surface area (Å²) in [4.78, 5) is 0. The zero-order valence-electron chi connectivity index (χ0n) is 11.2. The number of benzene rings is 1. The van der Waals surface area contributed by atoms with Crippen molar-refractivity contribution in [1.29, 1.82) is 0 Å². The largest absolute Gasteiger partial charge is 0.320 e. The lowest BCUT2D eigenvalue weighted by atomic mass is 10.1. The fraction of sp³-hybridized carbons (Fsp3) is 0.429. The minimum absolute atomic E-state index is 1.00. The third-order valence-corrected chi connectivity index (χ3v) is 3.91. The first-order valence-electron chi connectivity index (χ1n) is 6.25. The molecule has 2 rings (SSSR count). The van der Waals surface area contributed by atoms with Gasteiger partial charge in [0.1, 0.15) is 10.0 Å². The van der Waals surface area contributed by atoms with Crippen molar-refractivity contribution in [3.8, 4) is 10.6 Å². The molecule has 0 aliphatic carbocycles. The van der Waals surface area contributed by atoms with Crippen molar-refractivity contribution in [2.75, 3.05) is 13.6 Å². The average molecular weight is 261 g/mol. The predicted octanol–water partition coefficient (Wildman–Crippen LogP) is 2.97. The van der Waals surface area contributed by atoms with E-state index in [0.717, 1.165) is 29.4 Å². The zero-order chi connectivity index (χ0) is 13.0. The van der Waals surface area contributed by atoms with Crippen LogP contribution in [0, 0.1) is 13.8 Å². The summed E-state index contributed by atoms with van der Waals surface area (Å²) in [6, 6.07) is 6.46. The Balaban J connectivity index is 2.13. The predicted molar refractivity (Wildman–Crippen MR) is 77.1 cm³/mol. The highest BCUT2D eigenvalue weighted by Crippen LogP contribution is 2.27. The molecule has 96 valence electrons. The van der Waals surface area contributed by atoms with Gasteiger partial charge >= 0.3 is 0 Å². The monoisotopic (exact) mass is 261 g/mol. The number of aromatic nitrogens is 2. The fourth-order valence-corrected chi connectivity index (χ4v) is 2.91. The van der Waals surface area contributed by atoms with Crippen LogP contribution in [0.1, 0.15) is 22.6 Å². The number of nitrogens with zero attached hydrogens (tertiary/aromatic N) is 2. The summed E-state index contributed by atoms with van der Waals surface area (Å²) < 4.78 is 0. The molecule has 3 nitrogen and oxygen atoms in total. The summed E-state index contributed by atoms with van der Waals surface area (Å²) in [5, 5.41) is 13.9. The van der Waals surface area contributed by atoms with Crippen molar-refractivity contribution >= 4 is 11.3 Å². The van der Waals surface area contributed by atoms with E-state index < -0.39 is 0 Å². The van der Waals surface area contributed by atoms with Gasteiger partial charge in [-0.2, -0.15) is 0 Å². The first kappa shape index (κ1) is 13.2. The third-order valence-electron chi connectivity index (χ3n) is 2.90. The van der Waals surface area contributed by atoms with Crippen LogP contribution in [0.5, 0.6) is 0 Å². The van der Waals surface area contributed by atoms with Crippen molar-refractivity contribution in [3.63, 3.8) is 0 Å². The molecule has 1 aromatic carbocycles. The van der Waals surface area contributed by atoms with Gasteiger partial charge < -0.3 is 5.32 Å². The second-order valence-corrected chi connectivity index (χ2v) is 5.59. The van der Waals surface area contributed by atoms with Crippen LogP contribution in [0.3, 0.4) is 0 Å². The molecule has 1 aromatic heterocycles. The SMILES string of the molecule is CNCCCc1nnc(-c2ccc(C)cc2C)s1. The molecule has 0 spiro atoms. The van der Waals surface area contributed by atoms with Crippen LogP contribution in [-0.4, -0.2) is 23.8 Å². The molecule has 0 radical (unpaired) electrons. The standard InChI is InChI=1S/C14H19N3S/c1-10-6-7-12(11(2)9-10)14-17-16-13(18-14)5-4-8-15-3/h6-7,9,15H,4-5,8H2,1-3H3. The second kappa shape index (κ2) is 6.07. The Bertz CT molecular complexity index is 520. The summed E-state index contributed by atoms with van der Waals surface area (Å²) in [5.74, 6) is 0. The lowest BCUT2D eigenvalue weighted by Crippen LogP contribution is -2.08. The summed E-state index contributed by atoms with van der Waals surface area (Å²) in [6.45, 7) is 5.27. The molecule has 1 N–H and O–H groups in total. The van der Waals surface area contributed by atoms with Gasteiger partial charge in [0, 0.05) is 12.0 Å². The highest BCUT2D eigenvalue weighted by Gasteiger charge is 2.08. The highest BCUT2D eigenvalue weighted by atomic mass is 32.1. The summed E-state index contributed by atoms with van der Waals surface area (Å²) in [6.07, 6.45) is 2.11. The number of hydrogen-bond donors (Lipinski definition) is 1.